The number of aryl methyl sites for hydroxylation is 1. The molecular weight excluding hydrogens is 453 g/mol. The van der Waals surface area contributed by atoms with Gasteiger partial charge in [-0.3, -0.25) is 4.79 Å². The van der Waals surface area contributed by atoms with Crippen LogP contribution in [0.15, 0.2) is 59.1 Å². The highest BCUT2D eigenvalue weighted by atomic mass is 35.5. The van der Waals surface area contributed by atoms with Crippen molar-refractivity contribution in [2.45, 2.75) is 20.0 Å². The third-order valence-electron chi connectivity index (χ3n) is 4.63. The molecule has 0 fully saturated rings. The smallest absolute Gasteiger partial charge is 0.339 e. The molecule has 162 valence electrons. The van der Waals surface area contributed by atoms with Gasteiger partial charge in [0.2, 0.25) is 0 Å². The number of ether oxygens (including phenoxy) is 1. The lowest BCUT2D eigenvalue weighted by Gasteiger charge is -2.15. The number of esters is 1. The first kappa shape index (κ1) is 21.8. The Morgan fingerprint density at radius 3 is 2.62 bits per heavy atom. The highest BCUT2D eigenvalue weighted by molar-refractivity contribution is 6.36. The van der Waals surface area contributed by atoms with E-state index in [1.165, 1.54) is 19.2 Å². The van der Waals surface area contributed by atoms with E-state index in [1.807, 2.05) is 19.1 Å². The zero-order valence-corrected chi connectivity index (χ0v) is 18.6. The average molecular weight is 470 g/mol. The predicted molar refractivity (Wildman–Crippen MR) is 122 cm³/mol. The number of rotatable bonds is 5. The number of amides is 1. The van der Waals surface area contributed by atoms with Gasteiger partial charge in [0.1, 0.15) is 11.5 Å². The largest absolute Gasteiger partial charge is 0.460 e. The van der Waals surface area contributed by atoms with E-state index in [0.29, 0.717) is 27.4 Å². The monoisotopic (exact) mass is 469 g/mol. The normalized spacial score (nSPS) is 11.9. The summed E-state index contributed by atoms with van der Waals surface area (Å²) in [6.07, 6.45) is 0.234. The molecule has 0 aliphatic rings. The number of para-hydroxylation sites is 1. The van der Waals surface area contributed by atoms with E-state index < -0.39 is 18.0 Å². The average Bonchev–Trinajstić information content (AvgIpc) is 3.21. The lowest BCUT2D eigenvalue weighted by molar-refractivity contribution is -0.123. The van der Waals surface area contributed by atoms with Gasteiger partial charge < -0.3 is 14.5 Å². The summed E-state index contributed by atoms with van der Waals surface area (Å²) >= 11 is 11.9. The number of carbonyl (C=O) groups excluding carboxylic acids is 2. The zero-order valence-electron chi connectivity index (χ0n) is 17.1. The molecule has 1 amide bonds. The van der Waals surface area contributed by atoms with Crippen molar-refractivity contribution in [3.05, 3.63) is 76.1 Å². The van der Waals surface area contributed by atoms with Crippen molar-refractivity contribution in [1.82, 2.24) is 9.97 Å². The maximum absolute atomic E-state index is 13.0. The summed E-state index contributed by atoms with van der Waals surface area (Å²) in [5, 5.41) is 3.63. The fraction of sp³-hybridized carbons (Fsp3) is 0.130. The molecule has 3 heterocycles. The van der Waals surface area contributed by atoms with Gasteiger partial charge >= 0.3 is 5.97 Å². The number of pyridine rings is 2. The van der Waals surface area contributed by atoms with Gasteiger partial charge in [-0.15, -0.1) is 0 Å². The molecule has 1 unspecified atom stereocenters. The summed E-state index contributed by atoms with van der Waals surface area (Å²) in [5.74, 6) is 0.102. The van der Waals surface area contributed by atoms with Crippen molar-refractivity contribution >= 4 is 51.8 Å². The number of furan rings is 1. The van der Waals surface area contributed by atoms with E-state index in [0.717, 1.165) is 5.76 Å². The number of hydrogen-bond acceptors (Lipinski definition) is 6. The Labute approximate surface area is 193 Å². The highest BCUT2D eigenvalue weighted by Crippen LogP contribution is 2.27. The minimum Gasteiger partial charge on any atom is -0.460 e. The number of aromatic nitrogens is 2. The molecule has 0 aliphatic heterocycles. The molecule has 4 aromatic rings. The zero-order chi connectivity index (χ0) is 22.8. The van der Waals surface area contributed by atoms with E-state index in [1.54, 1.807) is 30.3 Å². The number of anilines is 1. The van der Waals surface area contributed by atoms with E-state index in [-0.39, 0.29) is 16.4 Å². The van der Waals surface area contributed by atoms with Crippen LogP contribution in [0.3, 0.4) is 0 Å². The summed E-state index contributed by atoms with van der Waals surface area (Å²) in [4.78, 5) is 34.1. The summed E-state index contributed by atoms with van der Waals surface area (Å²) < 4.78 is 11.1. The molecule has 0 saturated heterocycles. The molecule has 0 aliphatic carbocycles. The van der Waals surface area contributed by atoms with Crippen LogP contribution in [0.1, 0.15) is 23.0 Å². The van der Waals surface area contributed by atoms with E-state index in [4.69, 9.17) is 32.4 Å². The van der Waals surface area contributed by atoms with Crippen molar-refractivity contribution in [1.29, 1.82) is 0 Å². The fourth-order valence-electron chi connectivity index (χ4n) is 3.05. The second-order valence-corrected chi connectivity index (χ2v) is 7.85. The van der Waals surface area contributed by atoms with Gasteiger partial charge in [-0.1, -0.05) is 41.4 Å². The van der Waals surface area contributed by atoms with Crippen LogP contribution in [-0.4, -0.2) is 27.9 Å². The van der Waals surface area contributed by atoms with Gasteiger partial charge in [0.15, 0.2) is 17.7 Å². The van der Waals surface area contributed by atoms with Crippen LogP contribution in [-0.2, 0) is 9.53 Å². The van der Waals surface area contributed by atoms with Gasteiger partial charge in [-0.05, 0) is 44.2 Å². The lowest BCUT2D eigenvalue weighted by atomic mass is 10.1. The van der Waals surface area contributed by atoms with Crippen LogP contribution in [0.25, 0.3) is 22.4 Å². The van der Waals surface area contributed by atoms with Crippen LogP contribution in [0.5, 0.6) is 0 Å². The number of fused-ring (bicyclic) bond motifs is 1. The van der Waals surface area contributed by atoms with Gasteiger partial charge in [-0.2, -0.15) is 0 Å². The first-order valence-electron chi connectivity index (χ1n) is 9.61. The number of nitrogens with one attached hydrogen (secondary N) is 1. The van der Waals surface area contributed by atoms with Crippen molar-refractivity contribution in [3.8, 4) is 11.5 Å². The van der Waals surface area contributed by atoms with Crippen LogP contribution < -0.4 is 5.32 Å². The third kappa shape index (κ3) is 4.59. The SMILES string of the molecule is Cc1ccc(-c2cc(C(=O)OC(C)C(=O)Nc3ncc(Cl)cc3Cl)c3ccccc3n2)o1. The molecule has 3 aromatic heterocycles. The Kier molecular flexibility index (Phi) is 6.12. The van der Waals surface area contributed by atoms with Crippen molar-refractivity contribution in [2.24, 2.45) is 0 Å². The van der Waals surface area contributed by atoms with Crippen molar-refractivity contribution in [3.63, 3.8) is 0 Å². The molecule has 9 heteroatoms. The van der Waals surface area contributed by atoms with Crippen molar-refractivity contribution < 1.29 is 18.7 Å². The third-order valence-corrected chi connectivity index (χ3v) is 5.13. The molecule has 0 radical (unpaired) electrons. The summed E-state index contributed by atoms with van der Waals surface area (Å²) in [6, 6.07) is 13.8. The molecule has 1 N–H and O–H groups in total. The molecule has 0 bridgehead atoms. The Balaban J connectivity index is 1.59. The van der Waals surface area contributed by atoms with Gasteiger partial charge in [0, 0.05) is 11.6 Å². The highest BCUT2D eigenvalue weighted by Gasteiger charge is 2.23. The van der Waals surface area contributed by atoms with Crippen LogP contribution >= 0.6 is 23.2 Å². The maximum Gasteiger partial charge on any atom is 0.339 e. The first-order valence-corrected chi connectivity index (χ1v) is 10.4. The summed E-state index contributed by atoms with van der Waals surface area (Å²) in [5.41, 5.74) is 1.35. The Bertz CT molecular complexity index is 1340. The Hall–Kier alpha value is -3.42. The van der Waals surface area contributed by atoms with Gasteiger partial charge in [0.05, 0.1) is 21.1 Å². The van der Waals surface area contributed by atoms with Crippen LogP contribution in [0.4, 0.5) is 5.82 Å². The maximum atomic E-state index is 13.0. The minimum atomic E-state index is -1.11. The second-order valence-electron chi connectivity index (χ2n) is 7.00. The summed E-state index contributed by atoms with van der Waals surface area (Å²) in [6.45, 7) is 3.28. The molecule has 1 aromatic carbocycles. The summed E-state index contributed by atoms with van der Waals surface area (Å²) in [7, 11) is 0. The molecule has 4 rings (SSSR count). The van der Waals surface area contributed by atoms with Crippen LogP contribution in [0, 0.1) is 6.92 Å². The van der Waals surface area contributed by atoms with Gasteiger partial charge in [0.25, 0.3) is 5.91 Å². The standard InChI is InChI=1S/C23H17Cl2N3O4/c1-12-7-8-20(31-12)19-10-16(15-5-3-4-6-18(15)27-19)23(30)32-13(2)22(29)28-21-17(25)9-14(24)11-26-21/h3-11,13H,1-2H3,(H,26,28,29). The Morgan fingerprint density at radius 2 is 1.91 bits per heavy atom. The number of carbonyl (C=O) groups is 2. The van der Waals surface area contributed by atoms with Crippen LogP contribution in [0.2, 0.25) is 10.0 Å². The molecule has 1 atom stereocenters. The van der Waals surface area contributed by atoms with Gasteiger partial charge in [-0.25, -0.2) is 14.8 Å². The van der Waals surface area contributed by atoms with E-state index in [9.17, 15) is 9.59 Å². The quantitative estimate of drug-likeness (QED) is 0.377. The first-order chi connectivity index (χ1) is 15.3. The Morgan fingerprint density at radius 1 is 1.12 bits per heavy atom. The van der Waals surface area contributed by atoms with Crippen molar-refractivity contribution in [2.75, 3.05) is 5.32 Å². The molecular formula is C23H17Cl2N3O4. The number of hydrogen-bond donors (Lipinski definition) is 1. The topological polar surface area (TPSA) is 94.3 Å². The van der Waals surface area contributed by atoms with E-state index >= 15 is 0 Å². The van der Waals surface area contributed by atoms with E-state index in [2.05, 4.69) is 15.3 Å². The fourth-order valence-corrected chi connectivity index (χ4v) is 3.47. The molecule has 0 spiro atoms. The number of benzene rings is 1. The lowest BCUT2D eigenvalue weighted by Crippen LogP contribution is -2.30. The minimum absolute atomic E-state index is 0.119. The molecule has 0 saturated carbocycles. The molecule has 32 heavy (non-hydrogen) atoms. The predicted octanol–water partition coefficient (Wildman–Crippen LogP) is 5.69. The molecule has 7 nitrogen and oxygen atoms in total. The second kappa shape index (κ2) is 8.98. The number of halogens is 2. The number of nitrogens with zero attached hydrogens (tertiary/aromatic N) is 2.